The number of nitrogens with zero attached hydrogens (tertiary/aromatic N) is 3. The van der Waals surface area contributed by atoms with E-state index >= 15 is 0 Å². The number of amides is 1. The number of H-pyrrole nitrogens is 1. The zero-order chi connectivity index (χ0) is 20.3. The first-order chi connectivity index (χ1) is 13.4. The van der Waals surface area contributed by atoms with Gasteiger partial charge in [-0.1, -0.05) is 20.4 Å². The number of hydrogen-bond acceptors (Lipinski definition) is 6. The average Bonchev–Trinajstić information content (AvgIpc) is 3.12. The van der Waals surface area contributed by atoms with Crippen molar-refractivity contribution in [1.82, 2.24) is 19.9 Å². The highest BCUT2D eigenvalue weighted by Gasteiger charge is 2.29. The summed E-state index contributed by atoms with van der Waals surface area (Å²) >= 11 is 0. The smallest absolute Gasteiger partial charge is 0.340 e. The highest BCUT2D eigenvalue weighted by Crippen LogP contribution is 2.27. The minimum absolute atomic E-state index is 0.0210. The Morgan fingerprint density at radius 1 is 1.43 bits per heavy atom. The van der Waals surface area contributed by atoms with Gasteiger partial charge in [0.05, 0.1) is 17.6 Å². The molecule has 1 aliphatic heterocycles. The molecule has 0 aliphatic carbocycles. The van der Waals surface area contributed by atoms with Gasteiger partial charge in [0.1, 0.15) is 17.8 Å². The number of fused-ring (bicyclic) bond motifs is 1. The molecule has 1 saturated heterocycles. The molecular weight excluding hydrogens is 358 g/mol. The predicted molar refractivity (Wildman–Crippen MR) is 107 cm³/mol. The van der Waals surface area contributed by atoms with Gasteiger partial charge in [-0.3, -0.25) is 4.79 Å². The van der Waals surface area contributed by atoms with E-state index in [4.69, 9.17) is 4.74 Å². The van der Waals surface area contributed by atoms with Crippen LogP contribution in [-0.4, -0.2) is 57.0 Å². The number of ether oxygens (including phenoxy) is 1. The molecule has 2 N–H and O–H groups in total. The largest absolute Gasteiger partial charge is 0.462 e. The molecule has 0 aromatic carbocycles. The van der Waals surface area contributed by atoms with Gasteiger partial charge in [0, 0.05) is 24.8 Å². The molecule has 3 rings (SSSR count). The normalized spacial score (nSPS) is 19.6. The molecule has 28 heavy (non-hydrogen) atoms. The van der Waals surface area contributed by atoms with Crippen LogP contribution in [0, 0.1) is 5.92 Å². The minimum Gasteiger partial charge on any atom is -0.462 e. The van der Waals surface area contributed by atoms with Crippen LogP contribution in [0.15, 0.2) is 25.2 Å². The Labute approximate surface area is 164 Å². The lowest BCUT2D eigenvalue weighted by Gasteiger charge is -2.38. The molecule has 0 radical (unpaired) electrons. The highest BCUT2D eigenvalue weighted by molar-refractivity contribution is 6.07. The molecule has 0 bridgehead atoms. The van der Waals surface area contributed by atoms with E-state index < -0.39 is 5.97 Å². The van der Waals surface area contributed by atoms with Crippen molar-refractivity contribution >= 4 is 28.7 Å². The molecule has 1 aliphatic rings. The summed E-state index contributed by atoms with van der Waals surface area (Å²) in [5.41, 5.74) is 0.971. The lowest BCUT2D eigenvalue weighted by molar-refractivity contribution is -0.129. The summed E-state index contributed by atoms with van der Waals surface area (Å²) < 4.78 is 5.37. The maximum Gasteiger partial charge on any atom is 0.340 e. The number of likely N-dealkylation sites (tertiary alicyclic amines) is 1. The van der Waals surface area contributed by atoms with Crippen LogP contribution in [0.25, 0.3) is 11.0 Å². The van der Waals surface area contributed by atoms with Gasteiger partial charge in [0.25, 0.3) is 0 Å². The number of nitrogens with one attached hydrogen (secondary N) is 2. The molecule has 8 nitrogen and oxygen atoms in total. The highest BCUT2D eigenvalue weighted by atomic mass is 16.5. The molecule has 2 atom stereocenters. The zero-order valence-corrected chi connectivity index (χ0v) is 16.6. The number of carbonyl (C=O) groups is 2. The fourth-order valence-electron chi connectivity index (χ4n) is 3.40. The van der Waals surface area contributed by atoms with Crippen LogP contribution < -0.4 is 5.32 Å². The second-order valence-electron chi connectivity index (χ2n) is 7.60. The maximum atomic E-state index is 12.5. The van der Waals surface area contributed by atoms with Gasteiger partial charge >= 0.3 is 5.97 Å². The van der Waals surface area contributed by atoms with Crippen molar-refractivity contribution in [2.45, 2.75) is 45.7 Å². The Bertz CT molecular complexity index is 876. The van der Waals surface area contributed by atoms with E-state index in [0.717, 1.165) is 12.8 Å². The summed E-state index contributed by atoms with van der Waals surface area (Å²) in [6.07, 6.45) is 6.16. The van der Waals surface area contributed by atoms with Crippen molar-refractivity contribution in [2.24, 2.45) is 5.92 Å². The number of piperidine rings is 1. The molecule has 1 fully saturated rings. The van der Waals surface area contributed by atoms with Gasteiger partial charge in [-0.25, -0.2) is 14.8 Å². The van der Waals surface area contributed by atoms with E-state index in [1.165, 1.54) is 12.4 Å². The predicted octanol–water partition coefficient (Wildman–Crippen LogP) is 2.75. The summed E-state index contributed by atoms with van der Waals surface area (Å²) in [5.74, 6) is 0.332. The van der Waals surface area contributed by atoms with Gasteiger partial charge in [0.2, 0.25) is 5.91 Å². The van der Waals surface area contributed by atoms with Crippen LogP contribution in [0.1, 0.15) is 44.0 Å². The number of aromatic amines is 1. The third-order valence-electron chi connectivity index (χ3n) is 4.92. The molecule has 8 heteroatoms. The van der Waals surface area contributed by atoms with Crippen LogP contribution in [-0.2, 0) is 9.53 Å². The second kappa shape index (κ2) is 8.41. The Balaban J connectivity index is 1.83. The fourth-order valence-corrected chi connectivity index (χ4v) is 3.40. The molecule has 1 amide bonds. The van der Waals surface area contributed by atoms with Crippen LogP contribution in [0.3, 0.4) is 0 Å². The molecule has 0 unspecified atom stereocenters. The number of anilines is 1. The van der Waals surface area contributed by atoms with E-state index in [0.29, 0.717) is 35.6 Å². The lowest BCUT2D eigenvalue weighted by atomic mass is 9.99. The Kier molecular flexibility index (Phi) is 5.96. The molecule has 2 aromatic heterocycles. The van der Waals surface area contributed by atoms with Gasteiger partial charge in [-0.2, -0.15) is 0 Å². The van der Waals surface area contributed by atoms with Crippen LogP contribution in [0.2, 0.25) is 0 Å². The van der Waals surface area contributed by atoms with Crippen LogP contribution in [0.5, 0.6) is 0 Å². The maximum absolute atomic E-state index is 12.5. The first-order valence-corrected chi connectivity index (χ1v) is 9.59. The molecule has 0 saturated carbocycles. The van der Waals surface area contributed by atoms with E-state index in [1.807, 2.05) is 25.7 Å². The quantitative estimate of drug-likeness (QED) is 0.586. The van der Waals surface area contributed by atoms with Gasteiger partial charge in [0.15, 0.2) is 0 Å². The van der Waals surface area contributed by atoms with E-state index in [1.54, 1.807) is 6.20 Å². The van der Waals surface area contributed by atoms with Gasteiger partial charge in [-0.05, 0) is 31.8 Å². The molecule has 0 spiro atoms. The molecule has 3 heterocycles. The van der Waals surface area contributed by atoms with Crippen molar-refractivity contribution in [3.8, 4) is 0 Å². The first kappa shape index (κ1) is 19.9. The second-order valence-corrected chi connectivity index (χ2v) is 7.60. The van der Waals surface area contributed by atoms with Crippen LogP contribution in [0.4, 0.5) is 5.82 Å². The SMILES string of the molecule is C=CC(=O)N1C[C@H](Nc2ncnc3[nH]cc(C(=O)OCC(C)C)c23)CC[C@@H]1C. The van der Waals surface area contributed by atoms with Gasteiger partial charge in [-0.15, -0.1) is 0 Å². The van der Waals surface area contributed by atoms with E-state index in [9.17, 15) is 9.59 Å². The van der Waals surface area contributed by atoms with Crippen molar-refractivity contribution in [2.75, 3.05) is 18.5 Å². The summed E-state index contributed by atoms with van der Waals surface area (Å²) in [7, 11) is 0. The summed E-state index contributed by atoms with van der Waals surface area (Å²) in [6.45, 7) is 10.5. The minimum atomic E-state index is -0.404. The number of aromatic nitrogens is 3. The molecule has 2 aromatic rings. The topological polar surface area (TPSA) is 100 Å². The Morgan fingerprint density at radius 2 is 2.21 bits per heavy atom. The molecular formula is C20H27N5O3. The standard InChI is InChI=1S/C20H27N5O3/c1-5-16(26)25-9-14(7-6-13(25)4)24-19-17-15(20(27)28-10-12(2)3)8-21-18(17)22-11-23-19/h5,8,11-14H,1,6-7,9-10H2,2-4H3,(H2,21,22,23,24)/t13-,14+/m0/s1. The van der Waals surface area contributed by atoms with Crippen molar-refractivity contribution in [1.29, 1.82) is 0 Å². The van der Waals surface area contributed by atoms with Gasteiger partial charge < -0.3 is 19.9 Å². The first-order valence-electron chi connectivity index (χ1n) is 9.59. The van der Waals surface area contributed by atoms with Crippen molar-refractivity contribution in [3.05, 3.63) is 30.7 Å². The summed E-state index contributed by atoms with van der Waals surface area (Å²) in [5, 5.41) is 4.00. The number of esters is 1. The average molecular weight is 385 g/mol. The molecule has 150 valence electrons. The van der Waals surface area contributed by atoms with E-state index in [2.05, 4.69) is 26.8 Å². The van der Waals surface area contributed by atoms with Crippen LogP contribution >= 0.6 is 0 Å². The summed E-state index contributed by atoms with van der Waals surface area (Å²) in [6, 6.07) is 0.190. The Hall–Kier alpha value is -2.90. The van der Waals surface area contributed by atoms with Crippen molar-refractivity contribution in [3.63, 3.8) is 0 Å². The van der Waals surface area contributed by atoms with Crippen molar-refractivity contribution < 1.29 is 14.3 Å². The van der Waals surface area contributed by atoms with E-state index in [-0.39, 0.29) is 23.9 Å². The Morgan fingerprint density at radius 3 is 2.93 bits per heavy atom. The lowest BCUT2D eigenvalue weighted by Crippen LogP contribution is -2.49. The third kappa shape index (κ3) is 4.16. The number of hydrogen-bond donors (Lipinski definition) is 2. The fraction of sp³-hybridized carbons (Fsp3) is 0.500. The summed E-state index contributed by atoms with van der Waals surface area (Å²) in [4.78, 5) is 38.0. The zero-order valence-electron chi connectivity index (χ0n) is 16.6. The number of rotatable bonds is 6. The monoisotopic (exact) mass is 385 g/mol. The third-order valence-corrected chi connectivity index (χ3v) is 4.92. The number of carbonyl (C=O) groups excluding carboxylic acids is 2.